The standard InChI is InChI=1S/C12H23NS/c1-9-7-11(3,4)5-6-12(9)13-8-10(2)14-12/h9-10,13H,5-8H2,1-4H3. The summed E-state index contributed by atoms with van der Waals surface area (Å²) >= 11 is 2.19. The fourth-order valence-electron chi connectivity index (χ4n) is 3.06. The topological polar surface area (TPSA) is 12.0 Å². The molecule has 0 bridgehead atoms. The fourth-order valence-corrected chi connectivity index (χ4v) is 4.65. The van der Waals surface area contributed by atoms with Crippen LogP contribution in [0.4, 0.5) is 0 Å². The van der Waals surface area contributed by atoms with Gasteiger partial charge in [-0.25, -0.2) is 0 Å². The van der Waals surface area contributed by atoms with Crippen molar-refractivity contribution in [2.24, 2.45) is 11.3 Å². The van der Waals surface area contributed by atoms with Crippen molar-refractivity contribution in [1.82, 2.24) is 5.32 Å². The molecular formula is C12H23NS. The van der Waals surface area contributed by atoms with Gasteiger partial charge in [-0.15, -0.1) is 11.8 Å². The Balaban J connectivity index is 2.09. The molecule has 0 radical (unpaired) electrons. The van der Waals surface area contributed by atoms with Crippen LogP contribution in [0.2, 0.25) is 0 Å². The largest absolute Gasteiger partial charge is 0.301 e. The van der Waals surface area contributed by atoms with Gasteiger partial charge in [0.25, 0.3) is 0 Å². The highest BCUT2D eigenvalue weighted by Crippen LogP contribution is 2.51. The lowest BCUT2D eigenvalue weighted by Crippen LogP contribution is -2.48. The van der Waals surface area contributed by atoms with E-state index in [0.717, 1.165) is 11.2 Å². The van der Waals surface area contributed by atoms with Crippen LogP contribution in [0.5, 0.6) is 0 Å². The molecule has 1 heterocycles. The minimum Gasteiger partial charge on any atom is -0.301 e. The first-order valence-corrected chi connectivity index (χ1v) is 6.74. The molecule has 3 atom stereocenters. The Morgan fingerprint density at radius 2 is 1.93 bits per heavy atom. The smallest absolute Gasteiger partial charge is 0.0674 e. The van der Waals surface area contributed by atoms with E-state index >= 15 is 0 Å². The zero-order valence-corrected chi connectivity index (χ0v) is 10.7. The van der Waals surface area contributed by atoms with Crippen LogP contribution in [0.25, 0.3) is 0 Å². The van der Waals surface area contributed by atoms with E-state index < -0.39 is 0 Å². The van der Waals surface area contributed by atoms with E-state index in [9.17, 15) is 0 Å². The van der Waals surface area contributed by atoms with E-state index in [2.05, 4.69) is 44.8 Å². The predicted octanol–water partition coefficient (Wildman–Crippen LogP) is 3.25. The lowest BCUT2D eigenvalue weighted by molar-refractivity contribution is 0.136. The predicted molar refractivity (Wildman–Crippen MR) is 64.6 cm³/mol. The van der Waals surface area contributed by atoms with Crippen LogP contribution in [-0.2, 0) is 0 Å². The number of hydrogen-bond acceptors (Lipinski definition) is 2. The summed E-state index contributed by atoms with van der Waals surface area (Å²) in [4.78, 5) is 0.426. The quantitative estimate of drug-likeness (QED) is 0.663. The van der Waals surface area contributed by atoms with E-state index in [1.54, 1.807) is 0 Å². The summed E-state index contributed by atoms with van der Waals surface area (Å²) in [5.74, 6) is 0.821. The molecule has 2 aliphatic rings. The summed E-state index contributed by atoms with van der Waals surface area (Å²) < 4.78 is 0. The fraction of sp³-hybridized carbons (Fsp3) is 1.00. The van der Waals surface area contributed by atoms with E-state index in [1.165, 1.54) is 25.8 Å². The summed E-state index contributed by atoms with van der Waals surface area (Å²) in [5, 5.41) is 4.58. The molecule has 82 valence electrons. The van der Waals surface area contributed by atoms with Crippen LogP contribution < -0.4 is 5.32 Å². The van der Waals surface area contributed by atoms with Gasteiger partial charge in [0.05, 0.1) is 4.87 Å². The molecule has 0 aromatic heterocycles. The summed E-state index contributed by atoms with van der Waals surface area (Å²) in [7, 11) is 0. The van der Waals surface area contributed by atoms with Gasteiger partial charge in [0.15, 0.2) is 0 Å². The molecule has 2 rings (SSSR count). The lowest BCUT2D eigenvalue weighted by atomic mass is 9.70. The second-order valence-electron chi connectivity index (χ2n) is 5.97. The minimum atomic E-state index is 0.426. The molecule has 0 aromatic rings. The average Bonchev–Trinajstić information content (AvgIpc) is 2.43. The summed E-state index contributed by atoms with van der Waals surface area (Å²) in [5.41, 5.74) is 0.568. The molecule has 1 saturated carbocycles. The molecule has 1 aliphatic heterocycles. The molecule has 1 aliphatic carbocycles. The Morgan fingerprint density at radius 1 is 1.21 bits per heavy atom. The molecule has 2 fully saturated rings. The van der Waals surface area contributed by atoms with Crippen LogP contribution in [0.3, 0.4) is 0 Å². The number of rotatable bonds is 0. The third kappa shape index (κ3) is 1.83. The van der Waals surface area contributed by atoms with Gasteiger partial charge in [-0.2, -0.15) is 0 Å². The Kier molecular flexibility index (Phi) is 2.64. The maximum absolute atomic E-state index is 3.77. The van der Waals surface area contributed by atoms with Crippen molar-refractivity contribution in [3.05, 3.63) is 0 Å². The van der Waals surface area contributed by atoms with Crippen molar-refractivity contribution in [3.8, 4) is 0 Å². The normalized spacial score (nSPS) is 47.1. The van der Waals surface area contributed by atoms with Crippen molar-refractivity contribution in [1.29, 1.82) is 0 Å². The second kappa shape index (κ2) is 3.41. The summed E-state index contributed by atoms with van der Waals surface area (Å²) in [6.45, 7) is 10.8. The first-order valence-electron chi connectivity index (χ1n) is 5.86. The van der Waals surface area contributed by atoms with Gasteiger partial charge >= 0.3 is 0 Å². The number of nitrogens with one attached hydrogen (secondary N) is 1. The monoisotopic (exact) mass is 213 g/mol. The molecule has 3 unspecified atom stereocenters. The zero-order valence-electron chi connectivity index (χ0n) is 9.89. The zero-order chi connectivity index (χ0) is 10.4. The van der Waals surface area contributed by atoms with E-state index in [1.807, 2.05) is 0 Å². The SMILES string of the molecule is CC1CNC2(CCC(C)(C)CC2C)S1. The number of thioether (sulfide) groups is 1. The molecule has 14 heavy (non-hydrogen) atoms. The molecule has 1 N–H and O–H groups in total. The molecule has 2 heteroatoms. The van der Waals surface area contributed by atoms with Crippen molar-refractivity contribution < 1.29 is 0 Å². The number of hydrogen-bond donors (Lipinski definition) is 1. The first-order chi connectivity index (χ1) is 6.44. The maximum Gasteiger partial charge on any atom is 0.0674 e. The summed E-state index contributed by atoms with van der Waals surface area (Å²) in [6, 6.07) is 0. The molecule has 0 amide bonds. The highest BCUT2D eigenvalue weighted by atomic mass is 32.2. The molecular weight excluding hydrogens is 190 g/mol. The van der Waals surface area contributed by atoms with E-state index in [4.69, 9.17) is 0 Å². The van der Waals surface area contributed by atoms with Gasteiger partial charge in [0.2, 0.25) is 0 Å². The van der Waals surface area contributed by atoms with Crippen LogP contribution >= 0.6 is 11.8 Å². The molecule has 1 saturated heterocycles. The first kappa shape index (κ1) is 10.8. The van der Waals surface area contributed by atoms with Crippen molar-refractivity contribution in [2.75, 3.05) is 6.54 Å². The third-order valence-corrected chi connectivity index (χ3v) is 5.67. The Morgan fingerprint density at radius 3 is 2.43 bits per heavy atom. The molecule has 1 spiro atoms. The molecule has 1 nitrogen and oxygen atoms in total. The van der Waals surface area contributed by atoms with E-state index in [-0.39, 0.29) is 0 Å². The van der Waals surface area contributed by atoms with Gasteiger partial charge in [0.1, 0.15) is 0 Å². The van der Waals surface area contributed by atoms with Gasteiger partial charge < -0.3 is 5.32 Å². The van der Waals surface area contributed by atoms with Crippen LogP contribution in [0, 0.1) is 11.3 Å². The van der Waals surface area contributed by atoms with Gasteiger partial charge in [-0.1, -0.05) is 27.7 Å². The van der Waals surface area contributed by atoms with Crippen molar-refractivity contribution in [2.45, 2.75) is 57.1 Å². The van der Waals surface area contributed by atoms with Crippen molar-refractivity contribution >= 4 is 11.8 Å². The molecule has 0 aromatic carbocycles. The second-order valence-corrected chi connectivity index (χ2v) is 7.74. The highest BCUT2D eigenvalue weighted by Gasteiger charge is 2.47. The van der Waals surface area contributed by atoms with Crippen LogP contribution in [0.15, 0.2) is 0 Å². The minimum absolute atomic E-state index is 0.426. The third-order valence-electron chi connectivity index (χ3n) is 3.93. The van der Waals surface area contributed by atoms with Gasteiger partial charge in [-0.05, 0) is 30.6 Å². The van der Waals surface area contributed by atoms with Gasteiger partial charge in [0, 0.05) is 11.8 Å². The van der Waals surface area contributed by atoms with Gasteiger partial charge in [-0.3, -0.25) is 0 Å². The van der Waals surface area contributed by atoms with Crippen molar-refractivity contribution in [3.63, 3.8) is 0 Å². The Labute approximate surface area is 92.4 Å². The lowest BCUT2D eigenvalue weighted by Gasteiger charge is -2.46. The Hall–Kier alpha value is 0.310. The van der Waals surface area contributed by atoms with Crippen LogP contribution in [-0.4, -0.2) is 16.7 Å². The van der Waals surface area contributed by atoms with Crippen LogP contribution in [0.1, 0.15) is 47.0 Å². The maximum atomic E-state index is 3.77. The Bertz CT molecular complexity index is 226. The highest BCUT2D eigenvalue weighted by molar-refractivity contribution is 8.01. The summed E-state index contributed by atoms with van der Waals surface area (Å²) in [6.07, 6.45) is 4.11. The van der Waals surface area contributed by atoms with E-state index in [0.29, 0.717) is 10.3 Å². The average molecular weight is 213 g/mol.